The Morgan fingerprint density at radius 3 is 2.88 bits per heavy atom. The molecule has 0 aromatic carbocycles. The monoisotopic (exact) mass is 508 g/mol. The van der Waals surface area contributed by atoms with Gasteiger partial charge >= 0.3 is 5.97 Å². The molecule has 0 saturated carbocycles. The minimum absolute atomic E-state index is 0.0199. The number of aryl methyl sites for hydroxylation is 1. The van der Waals surface area contributed by atoms with Crippen LogP contribution in [0.5, 0.6) is 0 Å². The summed E-state index contributed by atoms with van der Waals surface area (Å²) < 4.78 is 0. The predicted molar refractivity (Wildman–Crippen MR) is 121 cm³/mol. The number of amides is 3. The van der Waals surface area contributed by atoms with Crippen molar-refractivity contribution in [2.75, 3.05) is 11.1 Å². The van der Waals surface area contributed by atoms with E-state index in [1.807, 2.05) is 6.92 Å². The number of thioether (sulfide) groups is 1. The number of rotatable bonds is 9. The van der Waals surface area contributed by atoms with Crippen LogP contribution in [-0.2, 0) is 30.6 Å². The Kier molecular flexibility index (Phi) is 6.71. The SMILES string of the molecule is Cc1nc(CON=C(C(=O)NC2C(=O)N3C(C(=O)O)=CCS[C@@H]23)c2csc(NC=O)n2)cs1. The van der Waals surface area contributed by atoms with Crippen molar-refractivity contribution in [3.63, 3.8) is 0 Å². The van der Waals surface area contributed by atoms with Crippen LogP contribution in [0.15, 0.2) is 27.7 Å². The summed E-state index contributed by atoms with van der Waals surface area (Å²) in [4.78, 5) is 62.5. The standard InChI is InChI=1S/C18H16N6O6S3/c1-8-20-9(5-32-8)4-30-23-12(10-6-33-18(21-10)19-7-25)14(26)22-13-15(27)24-11(17(28)29)2-3-31-16(13)24/h2,5-7,13,16H,3-4H2,1H3,(H,22,26)(H,28,29)(H,19,21,25)/t13?,16-/m0/s1. The number of anilines is 1. The molecule has 15 heteroatoms. The molecule has 2 aliphatic heterocycles. The Morgan fingerprint density at radius 2 is 2.18 bits per heavy atom. The van der Waals surface area contributed by atoms with E-state index in [1.54, 1.807) is 5.38 Å². The van der Waals surface area contributed by atoms with Gasteiger partial charge in [-0.15, -0.1) is 34.4 Å². The van der Waals surface area contributed by atoms with Crippen molar-refractivity contribution in [1.82, 2.24) is 20.2 Å². The second-order valence-electron chi connectivity index (χ2n) is 6.65. The van der Waals surface area contributed by atoms with E-state index in [4.69, 9.17) is 4.84 Å². The van der Waals surface area contributed by atoms with Crippen molar-refractivity contribution < 1.29 is 29.1 Å². The number of carboxylic acids is 1. The van der Waals surface area contributed by atoms with Gasteiger partial charge in [-0.3, -0.25) is 19.3 Å². The molecule has 1 saturated heterocycles. The number of nitrogens with one attached hydrogen (secondary N) is 2. The number of carboxylic acid groups (broad SMARTS) is 1. The first-order valence-corrected chi connectivity index (χ1v) is 12.2. The summed E-state index contributed by atoms with van der Waals surface area (Å²) in [5, 5.41) is 22.1. The van der Waals surface area contributed by atoms with Gasteiger partial charge in [-0.1, -0.05) is 5.16 Å². The number of nitrogens with zero attached hydrogens (tertiary/aromatic N) is 4. The maximum absolute atomic E-state index is 13.0. The van der Waals surface area contributed by atoms with Gasteiger partial charge in [0.25, 0.3) is 11.8 Å². The molecule has 0 aliphatic carbocycles. The summed E-state index contributed by atoms with van der Waals surface area (Å²) >= 11 is 3.86. The van der Waals surface area contributed by atoms with Crippen LogP contribution in [0.25, 0.3) is 0 Å². The Morgan fingerprint density at radius 1 is 1.36 bits per heavy atom. The first kappa shape index (κ1) is 22.9. The normalized spacial score (nSPS) is 19.8. The fourth-order valence-electron chi connectivity index (χ4n) is 3.09. The maximum atomic E-state index is 13.0. The fourth-order valence-corrected chi connectivity index (χ4v) is 5.54. The zero-order valence-electron chi connectivity index (χ0n) is 16.9. The number of hydrogen-bond acceptors (Lipinski definition) is 11. The topological polar surface area (TPSA) is 163 Å². The first-order valence-electron chi connectivity index (χ1n) is 9.35. The van der Waals surface area contributed by atoms with E-state index in [0.717, 1.165) is 21.2 Å². The molecule has 3 amide bonds. The van der Waals surface area contributed by atoms with Crippen molar-refractivity contribution in [2.24, 2.45) is 5.16 Å². The molecule has 2 atom stereocenters. The van der Waals surface area contributed by atoms with Crippen molar-refractivity contribution >= 4 is 69.5 Å². The van der Waals surface area contributed by atoms with Crippen molar-refractivity contribution in [1.29, 1.82) is 0 Å². The van der Waals surface area contributed by atoms with Crippen LogP contribution in [0, 0.1) is 6.92 Å². The highest BCUT2D eigenvalue weighted by Gasteiger charge is 2.53. The highest BCUT2D eigenvalue weighted by Crippen LogP contribution is 2.37. The summed E-state index contributed by atoms with van der Waals surface area (Å²) in [6, 6.07) is -0.928. The molecule has 0 radical (unpaired) electrons. The van der Waals surface area contributed by atoms with E-state index in [2.05, 4.69) is 25.8 Å². The highest BCUT2D eigenvalue weighted by atomic mass is 32.2. The minimum atomic E-state index is -1.20. The molecule has 0 spiro atoms. The number of aliphatic carboxylic acids is 1. The maximum Gasteiger partial charge on any atom is 0.352 e. The van der Waals surface area contributed by atoms with Crippen LogP contribution in [0.4, 0.5) is 5.13 Å². The van der Waals surface area contributed by atoms with Crippen LogP contribution >= 0.6 is 34.4 Å². The molecule has 2 aliphatic rings. The number of β-lactam (4-membered cyclic amide) rings is 1. The molecule has 2 aromatic heterocycles. The van der Waals surface area contributed by atoms with E-state index in [-0.39, 0.29) is 28.8 Å². The summed E-state index contributed by atoms with van der Waals surface area (Å²) in [6.45, 7) is 1.87. The smallest absolute Gasteiger partial charge is 0.352 e. The summed E-state index contributed by atoms with van der Waals surface area (Å²) in [5.41, 5.74) is 0.480. The average molecular weight is 509 g/mol. The van der Waals surface area contributed by atoms with Crippen molar-refractivity contribution in [2.45, 2.75) is 24.9 Å². The summed E-state index contributed by atoms with van der Waals surface area (Å²) in [5.74, 6) is -2.07. The Bertz CT molecular complexity index is 1170. The molecule has 1 fully saturated rings. The zero-order chi connectivity index (χ0) is 23.5. The van der Waals surface area contributed by atoms with Gasteiger partial charge in [0, 0.05) is 16.5 Å². The number of fused-ring (bicyclic) bond motifs is 1. The van der Waals surface area contributed by atoms with Crippen molar-refractivity contribution in [3.8, 4) is 0 Å². The van der Waals surface area contributed by atoms with Crippen LogP contribution in [0.2, 0.25) is 0 Å². The third-order valence-electron chi connectivity index (χ3n) is 4.53. The third-order valence-corrected chi connectivity index (χ3v) is 7.31. The summed E-state index contributed by atoms with van der Waals surface area (Å²) in [6.07, 6.45) is 1.91. The molecule has 3 N–H and O–H groups in total. The number of oxime groups is 1. The van der Waals surface area contributed by atoms with Crippen LogP contribution in [0.3, 0.4) is 0 Å². The molecule has 2 aromatic rings. The van der Waals surface area contributed by atoms with Gasteiger partial charge in [0.2, 0.25) is 6.41 Å². The lowest BCUT2D eigenvalue weighted by atomic mass is 10.0. The fraction of sp³-hybridized carbons (Fsp3) is 0.278. The van der Waals surface area contributed by atoms with E-state index in [1.165, 1.54) is 34.6 Å². The quantitative estimate of drug-likeness (QED) is 0.192. The van der Waals surface area contributed by atoms with E-state index < -0.39 is 29.2 Å². The first-order chi connectivity index (χ1) is 15.9. The molecule has 1 unspecified atom stereocenters. The van der Waals surface area contributed by atoms with E-state index in [9.17, 15) is 24.3 Å². The predicted octanol–water partition coefficient (Wildman–Crippen LogP) is 0.766. The second-order valence-corrected chi connectivity index (χ2v) is 9.72. The number of carbonyl (C=O) groups excluding carboxylic acids is 3. The van der Waals surface area contributed by atoms with Crippen LogP contribution < -0.4 is 10.6 Å². The Hall–Kier alpha value is -3.30. The van der Waals surface area contributed by atoms with Gasteiger partial charge in [0.1, 0.15) is 22.8 Å². The van der Waals surface area contributed by atoms with E-state index >= 15 is 0 Å². The number of hydrogen-bond donors (Lipinski definition) is 3. The Labute approximate surface area is 198 Å². The molecule has 0 bridgehead atoms. The molecule has 4 heterocycles. The molecule has 12 nitrogen and oxygen atoms in total. The molecule has 172 valence electrons. The van der Waals surface area contributed by atoms with Gasteiger partial charge < -0.3 is 20.6 Å². The number of carbonyl (C=O) groups is 4. The average Bonchev–Trinajstić information content (AvgIpc) is 3.43. The van der Waals surface area contributed by atoms with Gasteiger partial charge in [0.05, 0.1) is 10.7 Å². The highest BCUT2D eigenvalue weighted by molar-refractivity contribution is 8.00. The van der Waals surface area contributed by atoms with Gasteiger partial charge in [-0.25, -0.2) is 14.8 Å². The molecule has 33 heavy (non-hydrogen) atoms. The Balaban J connectivity index is 1.51. The van der Waals surface area contributed by atoms with Gasteiger partial charge in [-0.05, 0) is 13.0 Å². The van der Waals surface area contributed by atoms with E-state index in [0.29, 0.717) is 17.9 Å². The van der Waals surface area contributed by atoms with Gasteiger partial charge in [0.15, 0.2) is 17.5 Å². The lowest BCUT2D eigenvalue weighted by Crippen LogP contribution is -2.70. The lowest BCUT2D eigenvalue weighted by Gasteiger charge is -2.48. The number of aromatic nitrogens is 2. The second kappa shape index (κ2) is 9.68. The van der Waals surface area contributed by atoms with Crippen LogP contribution in [0.1, 0.15) is 16.4 Å². The van der Waals surface area contributed by atoms with Gasteiger partial charge in [-0.2, -0.15) is 0 Å². The van der Waals surface area contributed by atoms with Crippen LogP contribution in [-0.4, -0.2) is 67.0 Å². The minimum Gasteiger partial charge on any atom is -0.477 e. The van der Waals surface area contributed by atoms with Crippen molar-refractivity contribution in [3.05, 3.63) is 38.9 Å². The zero-order valence-corrected chi connectivity index (χ0v) is 19.3. The largest absolute Gasteiger partial charge is 0.477 e. The molecule has 4 rings (SSSR count). The number of thiazole rings is 2. The molecular weight excluding hydrogens is 492 g/mol. The summed E-state index contributed by atoms with van der Waals surface area (Å²) in [7, 11) is 0. The third kappa shape index (κ3) is 4.74. The molecular formula is C18H16N6O6S3. The lowest BCUT2D eigenvalue weighted by molar-refractivity contribution is -0.150.